The van der Waals surface area contributed by atoms with Crippen LogP contribution in [0.25, 0.3) is 0 Å². The maximum absolute atomic E-state index is 12.9. The standard InChI is InChI=1S/C23H29NO2/c1-17-8-7-9-18(2)24(17)15-14-19-12-13-22(26-3)21(16-19)23(25)20-10-5-4-6-11-20/h4-6,10-13,16-18H,7-9,14-15H2,1-3H3. The van der Waals surface area contributed by atoms with Gasteiger partial charge in [-0.2, -0.15) is 0 Å². The number of hydrogen-bond donors (Lipinski definition) is 0. The summed E-state index contributed by atoms with van der Waals surface area (Å²) in [4.78, 5) is 15.5. The predicted molar refractivity (Wildman–Crippen MR) is 106 cm³/mol. The third-order valence-corrected chi connectivity index (χ3v) is 5.58. The van der Waals surface area contributed by atoms with Crippen molar-refractivity contribution < 1.29 is 9.53 Å². The molecule has 3 rings (SSSR count). The lowest BCUT2D eigenvalue weighted by Crippen LogP contribution is -2.44. The van der Waals surface area contributed by atoms with Gasteiger partial charge >= 0.3 is 0 Å². The smallest absolute Gasteiger partial charge is 0.196 e. The van der Waals surface area contributed by atoms with Crippen molar-refractivity contribution in [1.82, 2.24) is 4.90 Å². The van der Waals surface area contributed by atoms with Gasteiger partial charge < -0.3 is 4.74 Å². The molecule has 26 heavy (non-hydrogen) atoms. The lowest BCUT2D eigenvalue weighted by atomic mass is 9.96. The molecule has 3 nitrogen and oxygen atoms in total. The molecular weight excluding hydrogens is 322 g/mol. The summed E-state index contributed by atoms with van der Waals surface area (Å²) in [5.74, 6) is 0.659. The van der Waals surface area contributed by atoms with Gasteiger partial charge in [0.15, 0.2) is 5.78 Å². The van der Waals surface area contributed by atoms with Gasteiger partial charge in [-0.3, -0.25) is 9.69 Å². The fraction of sp³-hybridized carbons (Fsp3) is 0.435. The van der Waals surface area contributed by atoms with E-state index in [0.717, 1.165) is 13.0 Å². The molecule has 2 aromatic rings. The Balaban J connectivity index is 1.78. The van der Waals surface area contributed by atoms with Gasteiger partial charge in [0.1, 0.15) is 5.75 Å². The molecule has 0 N–H and O–H groups in total. The van der Waals surface area contributed by atoms with E-state index < -0.39 is 0 Å². The van der Waals surface area contributed by atoms with Crippen LogP contribution in [0.1, 0.15) is 54.6 Å². The van der Waals surface area contributed by atoms with Crippen molar-refractivity contribution in [2.75, 3.05) is 13.7 Å². The van der Waals surface area contributed by atoms with Crippen LogP contribution in [0, 0.1) is 0 Å². The fourth-order valence-electron chi connectivity index (χ4n) is 4.01. The van der Waals surface area contributed by atoms with E-state index >= 15 is 0 Å². The van der Waals surface area contributed by atoms with Crippen molar-refractivity contribution in [3.05, 3.63) is 65.2 Å². The number of benzene rings is 2. The van der Waals surface area contributed by atoms with Gasteiger partial charge in [-0.05, 0) is 50.8 Å². The van der Waals surface area contributed by atoms with E-state index in [4.69, 9.17) is 4.74 Å². The van der Waals surface area contributed by atoms with Gasteiger partial charge in [-0.25, -0.2) is 0 Å². The molecule has 0 aliphatic carbocycles. The highest BCUT2D eigenvalue weighted by molar-refractivity contribution is 6.10. The Hall–Kier alpha value is -2.13. The molecule has 138 valence electrons. The zero-order chi connectivity index (χ0) is 18.5. The van der Waals surface area contributed by atoms with E-state index in [1.54, 1.807) is 7.11 Å². The minimum Gasteiger partial charge on any atom is -0.496 e. The Morgan fingerprint density at radius 2 is 1.77 bits per heavy atom. The highest BCUT2D eigenvalue weighted by atomic mass is 16.5. The third-order valence-electron chi connectivity index (χ3n) is 5.58. The number of nitrogens with zero attached hydrogens (tertiary/aromatic N) is 1. The average Bonchev–Trinajstić information content (AvgIpc) is 2.67. The van der Waals surface area contributed by atoms with Gasteiger partial charge in [-0.15, -0.1) is 0 Å². The Kier molecular flexibility index (Phi) is 6.10. The molecular formula is C23H29NO2. The quantitative estimate of drug-likeness (QED) is 0.705. The number of carbonyl (C=O) groups is 1. The highest BCUT2D eigenvalue weighted by Gasteiger charge is 2.24. The molecule has 2 aromatic carbocycles. The molecule has 2 atom stereocenters. The summed E-state index contributed by atoms with van der Waals surface area (Å²) < 4.78 is 5.44. The van der Waals surface area contributed by atoms with Gasteiger partial charge in [0.05, 0.1) is 12.7 Å². The molecule has 1 aliphatic rings. The molecule has 1 saturated heterocycles. The van der Waals surface area contributed by atoms with Crippen LogP contribution < -0.4 is 4.74 Å². The SMILES string of the molecule is COc1ccc(CCN2C(C)CCCC2C)cc1C(=O)c1ccccc1. The molecule has 0 amide bonds. The summed E-state index contributed by atoms with van der Waals surface area (Å²) in [6, 6.07) is 16.7. The molecule has 2 unspecified atom stereocenters. The maximum Gasteiger partial charge on any atom is 0.196 e. The Morgan fingerprint density at radius 1 is 1.08 bits per heavy atom. The second kappa shape index (κ2) is 8.50. The van der Waals surface area contributed by atoms with Crippen LogP contribution in [0.5, 0.6) is 5.75 Å². The first-order valence-electron chi connectivity index (χ1n) is 9.62. The van der Waals surface area contributed by atoms with Crippen LogP contribution in [0.3, 0.4) is 0 Å². The molecule has 1 heterocycles. The van der Waals surface area contributed by atoms with E-state index in [1.165, 1.54) is 24.8 Å². The van der Waals surface area contributed by atoms with Crippen molar-refractivity contribution >= 4 is 5.78 Å². The second-order valence-electron chi connectivity index (χ2n) is 7.35. The summed E-state index contributed by atoms with van der Waals surface area (Å²) in [6.07, 6.45) is 4.85. The summed E-state index contributed by atoms with van der Waals surface area (Å²) in [5.41, 5.74) is 2.53. The van der Waals surface area contributed by atoms with Crippen molar-refractivity contribution in [2.45, 2.75) is 51.6 Å². The highest BCUT2D eigenvalue weighted by Crippen LogP contribution is 2.25. The topological polar surface area (TPSA) is 29.5 Å². The van der Waals surface area contributed by atoms with E-state index in [-0.39, 0.29) is 5.78 Å². The number of likely N-dealkylation sites (tertiary alicyclic amines) is 1. The van der Waals surface area contributed by atoms with Gasteiger partial charge in [-0.1, -0.05) is 42.8 Å². The number of hydrogen-bond acceptors (Lipinski definition) is 3. The second-order valence-corrected chi connectivity index (χ2v) is 7.35. The van der Waals surface area contributed by atoms with E-state index in [2.05, 4.69) is 24.8 Å². The number of carbonyl (C=O) groups excluding carboxylic acids is 1. The first-order chi connectivity index (χ1) is 12.6. The Bertz CT molecular complexity index is 731. The molecule has 0 radical (unpaired) electrons. The largest absolute Gasteiger partial charge is 0.496 e. The minimum absolute atomic E-state index is 0.0176. The first kappa shape index (κ1) is 18.7. The van der Waals surface area contributed by atoms with Gasteiger partial charge in [0.2, 0.25) is 0 Å². The van der Waals surface area contributed by atoms with Crippen molar-refractivity contribution in [2.24, 2.45) is 0 Å². The number of rotatable bonds is 6. The zero-order valence-corrected chi connectivity index (χ0v) is 16.1. The van der Waals surface area contributed by atoms with Crippen LogP contribution in [0.15, 0.2) is 48.5 Å². The lowest BCUT2D eigenvalue weighted by molar-refractivity contribution is 0.103. The average molecular weight is 351 g/mol. The minimum atomic E-state index is 0.0176. The van der Waals surface area contributed by atoms with Crippen LogP contribution in [-0.2, 0) is 6.42 Å². The third kappa shape index (κ3) is 4.16. The van der Waals surface area contributed by atoms with E-state index in [9.17, 15) is 4.79 Å². The first-order valence-corrected chi connectivity index (χ1v) is 9.62. The Labute approximate surface area is 157 Å². The number of ether oxygens (including phenoxy) is 1. The van der Waals surface area contributed by atoms with Crippen molar-refractivity contribution in [1.29, 1.82) is 0 Å². The Morgan fingerprint density at radius 3 is 2.42 bits per heavy atom. The van der Waals surface area contributed by atoms with E-state index in [0.29, 0.717) is 29.0 Å². The van der Waals surface area contributed by atoms with Gasteiger partial charge in [0.25, 0.3) is 0 Å². The van der Waals surface area contributed by atoms with Crippen LogP contribution in [0.2, 0.25) is 0 Å². The number of methoxy groups -OCH3 is 1. The monoisotopic (exact) mass is 351 g/mol. The summed E-state index contributed by atoms with van der Waals surface area (Å²) in [5, 5.41) is 0. The molecule has 1 fully saturated rings. The van der Waals surface area contributed by atoms with Crippen molar-refractivity contribution in [3.8, 4) is 5.75 Å². The zero-order valence-electron chi connectivity index (χ0n) is 16.1. The maximum atomic E-state index is 12.9. The molecule has 0 aromatic heterocycles. The normalized spacial score (nSPS) is 20.7. The number of piperidine rings is 1. The molecule has 0 bridgehead atoms. The van der Waals surface area contributed by atoms with Crippen LogP contribution in [-0.4, -0.2) is 36.4 Å². The predicted octanol–water partition coefficient (Wildman–Crippen LogP) is 4.73. The fourth-order valence-corrected chi connectivity index (χ4v) is 4.01. The van der Waals surface area contributed by atoms with Crippen molar-refractivity contribution in [3.63, 3.8) is 0 Å². The van der Waals surface area contributed by atoms with E-state index in [1.807, 2.05) is 42.5 Å². The van der Waals surface area contributed by atoms with Gasteiger partial charge in [0, 0.05) is 24.2 Å². The summed E-state index contributed by atoms with van der Waals surface area (Å²) >= 11 is 0. The molecule has 1 aliphatic heterocycles. The summed E-state index contributed by atoms with van der Waals surface area (Å²) in [7, 11) is 1.62. The number of ketones is 1. The lowest BCUT2D eigenvalue weighted by Gasteiger charge is -2.39. The molecule has 0 spiro atoms. The summed E-state index contributed by atoms with van der Waals surface area (Å²) in [6.45, 7) is 5.69. The molecule has 3 heteroatoms. The molecule has 0 saturated carbocycles. The van der Waals surface area contributed by atoms with Crippen LogP contribution in [0.4, 0.5) is 0 Å². The van der Waals surface area contributed by atoms with Crippen LogP contribution >= 0.6 is 0 Å².